The van der Waals surface area contributed by atoms with Crippen LogP contribution in [0.4, 0.5) is 0 Å². The summed E-state index contributed by atoms with van der Waals surface area (Å²) in [6.07, 6.45) is 1.90. The van der Waals surface area contributed by atoms with Gasteiger partial charge in [0.1, 0.15) is 17.5 Å². The van der Waals surface area contributed by atoms with Crippen molar-refractivity contribution in [2.45, 2.75) is 44.8 Å². The molecule has 1 aliphatic heterocycles. The molecular weight excluding hydrogens is 388 g/mol. The lowest BCUT2D eigenvalue weighted by molar-refractivity contribution is -0.135. The zero-order valence-corrected chi connectivity index (χ0v) is 17.3. The Kier molecular flexibility index (Phi) is 6.14. The van der Waals surface area contributed by atoms with Crippen LogP contribution in [-0.2, 0) is 25.5 Å². The number of halogens is 1. The summed E-state index contributed by atoms with van der Waals surface area (Å²) >= 11 is 6.01. The summed E-state index contributed by atoms with van der Waals surface area (Å²) < 4.78 is 11.0. The molecule has 0 bridgehead atoms. The van der Waals surface area contributed by atoms with Gasteiger partial charge in [-0.25, -0.2) is 0 Å². The molecule has 1 aliphatic carbocycles. The van der Waals surface area contributed by atoms with Gasteiger partial charge < -0.3 is 9.47 Å². The lowest BCUT2D eigenvalue weighted by Gasteiger charge is -2.29. The third-order valence-electron chi connectivity index (χ3n) is 5.86. The Bertz CT molecular complexity index is 882. The van der Waals surface area contributed by atoms with E-state index in [-0.39, 0.29) is 23.8 Å². The Morgan fingerprint density at radius 3 is 2.17 bits per heavy atom. The molecule has 2 aromatic carbocycles. The fourth-order valence-corrected chi connectivity index (χ4v) is 4.52. The van der Waals surface area contributed by atoms with Crippen molar-refractivity contribution in [3.63, 3.8) is 0 Å². The summed E-state index contributed by atoms with van der Waals surface area (Å²) in [4.78, 5) is 26.1. The van der Waals surface area contributed by atoms with Crippen LogP contribution in [0.1, 0.15) is 43.2 Å². The molecule has 0 amide bonds. The Labute approximate surface area is 176 Å². The van der Waals surface area contributed by atoms with Gasteiger partial charge in [0, 0.05) is 24.3 Å². The zero-order valence-electron chi connectivity index (χ0n) is 16.5. The molecule has 1 saturated heterocycles. The molecule has 0 radical (unpaired) electrons. The van der Waals surface area contributed by atoms with Crippen LogP contribution in [0.2, 0.25) is 5.02 Å². The minimum absolute atomic E-state index is 0.00104. The lowest BCUT2D eigenvalue weighted by atomic mass is 9.74. The van der Waals surface area contributed by atoms with Crippen LogP contribution in [0.25, 0.3) is 11.1 Å². The number of benzene rings is 2. The van der Waals surface area contributed by atoms with Gasteiger partial charge in [0.25, 0.3) is 0 Å². The molecule has 0 N–H and O–H groups in total. The normalized spacial score (nSPS) is 23.0. The molecule has 0 unspecified atom stereocenters. The van der Waals surface area contributed by atoms with Crippen LogP contribution >= 0.6 is 11.6 Å². The van der Waals surface area contributed by atoms with Crippen molar-refractivity contribution in [3.05, 3.63) is 58.6 Å². The molecule has 2 fully saturated rings. The van der Waals surface area contributed by atoms with E-state index in [2.05, 4.69) is 6.92 Å². The van der Waals surface area contributed by atoms with Crippen molar-refractivity contribution in [2.75, 3.05) is 13.2 Å². The number of hydrogen-bond acceptors (Lipinski definition) is 4. The molecule has 4 nitrogen and oxygen atoms in total. The van der Waals surface area contributed by atoms with Crippen LogP contribution < -0.4 is 0 Å². The largest absolute Gasteiger partial charge is 0.350 e. The fourth-order valence-electron chi connectivity index (χ4n) is 4.39. The third kappa shape index (κ3) is 4.45. The van der Waals surface area contributed by atoms with Gasteiger partial charge in [-0.2, -0.15) is 0 Å². The highest BCUT2D eigenvalue weighted by molar-refractivity contribution is 6.30. The highest BCUT2D eigenvalue weighted by Crippen LogP contribution is 2.37. The van der Waals surface area contributed by atoms with Crippen LogP contribution in [-0.4, -0.2) is 31.1 Å². The van der Waals surface area contributed by atoms with Crippen LogP contribution in [0.15, 0.2) is 42.5 Å². The molecule has 1 saturated carbocycles. The number of ketones is 2. The van der Waals surface area contributed by atoms with Crippen LogP contribution in [0, 0.1) is 5.92 Å². The molecule has 0 aromatic heterocycles. The number of hydrogen-bond donors (Lipinski definition) is 0. The SMILES string of the molecule is CCc1ccc(-c2ccc(Cl)cc2)cc1C1C(=O)CC(CC2OCCO2)CC1=O. The summed E-state index contributed by atoms with van der Waals surface area (Å²) in [5.41, 5.74) is 3.91. The molecule has 4 rings (SSSR count). The molecule has 2 aliphatic rings. The number of carbonyl (C=O) groups is 2. The number of rotatable bonds is 5. The minimum atomic E-state index is -0.668. The van der Waals surface area contributed by atoms with E-state index in [1.54, 1.807) is 0 Å². The highest BCUT2D eigenvalue weighted by Gasteiger charge is 2.38. The smallest absolute Gasteiger partial charge is 0.158 e. The van der Waals surface area contributed by atoms with E-state index in [0.29, 0.717) is 37.5 Å². The van der Waals surface area contributed by atoms with Crippen LogP contribution in [0.3, 0.4) is 0 Å². The van der Waals surface area contributed by atoms with E-state index in [0.717, 1.165) is 28.7 Å². The van der Waals surface area contributed by atoms with Crippen molar-refractivity contribution < 1.29 is 19.1 Å². The Morgan fingerprint density at radius 2 is 1.55 bits per heavy atom. The van der Waals surface area contributed by atoms with E-state index >= 15 is 0 Å². The van der Waals surface area contributed by atoms with Crippen molar-refractivity contribution >= 4 is 23.2 Å². The number of ether oxygens (including phenoxy) is 2. The second-order valence-electron chi connectivity index (χ2n) is 7.82. The van der Waals surface area contributed by atoms with Crippen LogP contribution in [0.5, 0.6) is 0 Å². The maximum absolute atomic E-state index is 13.0. The summed E-state index contributed by atoms with van der Waals surface area (Å²) in [5.74, 6) is -0.655. The van der Waals surface area contributed by atoms with Crippen molar-refractivity contribution in [2.24, 2.45) is 5.92 Å². The van der Waals surface area contributed by atoms with E-state index in [1.807, 2.05) is 42.5 Å². The Morgan fingerprint density at radius 1 is 0.931 bits per heavy atom. The minimum Gasteiger partial charge on any atom is -0.350 e. The van der Waals surface area contributed by atoms with Crippen molar-refractivity contribution in [1.29, 1.82) is 0 Å². The molecule has 29 heavy (non-hydrogen) atoms. The first-order chi connectivity index (χ1) is 14.0. The molecule has 5 heteroatoms. The fraction of sp³-hybridized carbons (Fsp3) is 0.417. The van der Waals surface area contributed by atoms with Gasteiger partial charge in [-0.1, -0.05) is 42.8 Å². The lowest BCUT2D eigenvalue weighted by Crippen LogP contribution is -2.34. The van der Waals surface area contributed by atoms with Gasteiger partial charge in [0.15, 0.2) is 6.29 Å². The average molecular weight is 413 g/mol. The number of carbonyl (C=O) groups excluding carboxylic acids is 2. The maximum atomic E-state index is 13.0. The zero-order chi connectivity index (χ0) is 20.4. The molecule has 0 spiro atoms. The van der Waals surface area contributed by atoms with Gasteiger partial charge >= 0.3 is 0 Å². The van der Waals surface area contributed by atoms with Gasteiger partial charge in [0.05, 0.1) is 13.2 Å². The Hall–Kier alpha value is -2.01. The standard InChI is InChI=1S/C24H25ClO4/c1-2-16-3-4-18(17-5-7-19(25)8-6-17)14-20(16)24-21(26)11-15(12-22(24)27)13-23-28-9-10-29-23/h3-8,14-15,23-24H,2,9-13H2,1H3. The van der Waals surface area contributed by atoms with Gasteiger partial charge in [-0.15, -0.1) is 0 Å². The van der Waals surface area contributed by atoms with E-state index in [9.17, 15) is 9.59 Å². The number of Topliss-reactive ketones (excluding diaryl/α,β-unsaturated/α-hetero) is 2. The average Bonchev–Trinajstić information content (AvgIpc) is 3.21. The topological polar surface area (TPSA) is 52.6 Å². The summed E-state index contributed by atoms with van der Waals surface area (Å²) in [7, 11) is 0. The maximum Gasteiger partial charge on any atom is 0.158 e. The molecular formula is C24H25ClO4. The summed E-state index contributed by atoms with van der Waals surface area (Å²) in [6.45, 7) is 3.22. The third-order valence-corrected chi connectivity index (χ3v) is 6.11. The molecule has 0 atom stereocenters. The van der Waals surface area contributed by atoms with E-state index in [1.165, 1.54) is 0 Å². The van der Waals surface area contributed by atoms with Crippen molar-refractivity contribution in [3.8, 4) is 11.1 Å². The predicted molar refractivity (Wildman–Crippen MR) is 112 cm³/mol. The molecule has 1 heterocycles. The summed E-state index contributed by atoms with van der Waals surface area (Å²) in [6, 6.07) is 13.7. The molecule has 2 aromatic rings. The molecule has 152 valence electrons. The first kappa shape index (κ1) is 20.3. The van der Waals surface area contributed by atoms with Gasteiger partial charge in [0.2, 0.25) is 0 Å². The Balaban J connectivity index is 1.59. The van der Waals surface area contributed by atoms with E-state index in [4.69, 9.17) is 21.1 Å². The summed E-state index contributed by atoms with van der Waals surface area (Å²) in [5, 5.41) is 0.679. The second-order valence-corrected chi connectivity index (χ2v) is 8.26. The monoisotopic (exact) mass is 412 g/mol. The first-order valence-corrected chi connectivity index (χ1v) is 10.6. The predicted octanol–water partition coefficient (Wildman–Crippen LogP) is 4.96. The second kappa shape index (κ2) is 8.78. The van der Waals surface area contributed by atoms with E-state index < -0.39 is 5.92 Å². The first-order valence-electron chi connectivity index (χ1n) is 10.2. The van der Waals surface area contributed by atoms with Crippen molar-refractivity contribution in [1.82, 2.24) is 0 Å². The highest BCUT2D eigenvalue weighted by atomic mass is 35.5. The quantitative estimate of drug-likeness (QED) is 0.651. The van der Waals surface area contributed by atoms with Gasteiger partial charge in [-0.3, -0.25) is 9.59 Å². The van der Waals surface area contributed by atoms with Gasteiger partial charge in [-0.05, 0) is 52.8 Å². The number of aryl methyl sites for hydroxylation is 1.